The minimum absolute atomic E-state index is 0.0981. The number of fused-ring (bicyclic) bond motifs is 3. The first-order valence-electron chi connectivity index (χ1n) is 21.9. The van der Waals surface area contributed by atoms with E-state index in [-0.39, 0.29) is 47.1 Å². The van der Waals surface area contributed by atoms with E-state index in [1.807, 2.05) is 24.3 Å². The van der Waals surface area contributed by atoms with Crippen LogP contribution >= 0.6 is 11.6 Å². The number of benzene rings is 3. The summed E-state index contributed by atoms with van der Waals surface area (Å²) in [6, 6.07) is 20.6. The van der Waals surface area contributed by atoms with Gasteiger partial charge < -0.3 is 29.2 Å². The molecule has 1 unspecified atom stereocenters. The fraction of sp³-hybridized carbons (Fsp3) is 0.479. The Morgan fingerprint density at radius 2 is 1.60 bits per heavy atom. The third-order valence-corrected chi connectivity index (χ3v) is 14.6. The van der Waals surface area contributed by atoms with Gasteiger partial charge in [-0.25, -0.2) is 0 Å². The molecule has 1 saturated carbocycles. The van der Waals surface area contributed by atoms with E-state index >= 15 is 0 Å². The lowest BCUT2D eigenvalue weighted by molar-refractivity contribution is -0.164. The van der Waals surface area contributed by atoms with Crippen LogP contribution in [0.5, 0.6) is 5.75 Å². The zero-order valence-corrected chi connectivity index (χ0v) is 36.6. The lowest BCUT2D eigenvalue weighted by atomic mass is 9.49. The lowest BCUT2D eigenvalue weighted by Crippen LogP contribution is -2.74. The number of rotatable bonds is 10. The number of halogens is 1. The van der Waals surface area contributed by atoms with E-state index in [2.05, 4.69) is 77.3 Å². The van der Waals surface area contributed by atoms with Gasteiger partial charge in [0, 0.05) is 103 Å². The van der Waals surface area contributed by atoms with E-state index in [4.69, 9.17) is 20.8 Å². The van der Waals surface area contributed by atoms with Gasteiger partial charge >= 0.3 is 0 Å². The molecule has 0 radical (unpaired) electrons. The van der Waals surface area contributed by atoms with Gasteiger partial charge in [-0.05, 0) is 86.7 Å². The van der Waals surface area contributed by atoms with Gasteiger partial charge in [-0.2, -0.15) is 5.26 Å². The molecule has 0 bridgehead atoms. The summed E-state index contributed by atoms with van der Waals surface area (Å²) in [7, 11) is 0. The van der Waals surface area contributed by atoms with Crippen LogP contribution in [-0.4, -0.2) is 97.4 Å². The fourth-order valence-corrected chi connectivity index (χ4v) is 11.2. The van der Waals surface area contributed by atoms with Crippen molar-refractivity contribution < 1.29 is 28.3 Å². The average Bonchev–Trinajstić information content (AvgIpc) is 3.79. The van der Waals surface area contributed by atoms with Gasteiger partial charge in [0.25, 0.3) is 11.8 Å². The van der Waals surface area contributed by atoms with Crippen LogP contribution in [0.2, 0.25) is 5.02 Å². The molecule has 324 valence electrons. The maximum absolute atomic E-state index is 13.5. The molecule has 4 aromatic rings. The molecule has 1 aromatic heterocycles. The minimum atomic E-state index is -0.657. The molecule has 0 spiro atoms. The number of nitrogens with one attached hydrogen (secondary N) is 2. The quantitative estimate of drug-likeness (QED) is 0.164. The first-order valence-corrected chi connectivity index (χ1v) is 22.3. The second kappa shape index (κ2) is 16.3. The van der Waals surface area contributed by atoms with Crippen molar-refractivity contribution in [3.8, 4) is 11.8 Å². The molecule has 4 fully saturated rings. The number of hydrogen-bond donors (Lipinski definition) is 2. The van der Waals surface area contributed by atoms with Gasteiger partial charge in [-0.3, -0.25) is 29.4 Å². The first kappa shape index (κ1) is 41.8. The molecule has 5 aliphatic rings. The molecule has 1 aliphatic carbocycles. The van der Waals surface area contributed by atoms with Crippen LogP contribution < -0.4 is 25.2 Å². The van der Waals surface area contributed by atoms with Crippen LogP contribution in [0.3, 0.4) is 0 Å². The van der Waals surface area contributed by atoms with Crippen molar-refractivity contribution in [3.63, 3.8) is 0 Å². The van der Waals surface area contributed by atoms with Crippen molar-refractivity contribution in [2.45, 2.75) is 84.5 Å². The number of nitriles is 1. The molecular weight excluding hydrogens is 806 g/mol. The first-order chi connectivity index (χ1) is 29.7. The van der Waals surface area contributed by atoms with Gasteiger partial charge in [0.15, 0.2) is 5.76 Å². The number of anilines is 2. The molecule has 5 heterocycles. The maximum atomic E-state index is 13.5. The SMILES string of the molecule is CC1(C)C(NC(=O)c2ccc(N3CCN(CCC4CCN(c5ccc6c7c(oc6c5)C(=O)N(C5CCC(=O)NC5=O)C7)CC4)CC3)cc2)C(C)(C)C1Oc1ccc(C#N)c(Cl)c1. The second-order valence-electron chi connectivity index (χ2n) is 18.9. The number of nitrogens with zero attached hydrogens (tertiary/aromatic N) is 5. The molecule has 3 saturated heterocycles. The molecule has 1 atom stereocenters. The number of furan rings is 1. The number of piperazine rings is 1. The molecular formula is C48H54ClN7O6. The largest absolute Gasteiger partial charge is 0.489 e. The highest BCUT2D eigenvalue weighted by molar-refractivity contribution is 6.31. The van der Waals surface area contributed by atoms with E-state index < -0.39 is 11.9 Å². The standard InChI is InChI=1S/C48H54ClN7O6/c1-47(2)45(48(3,4)46(47)61-34-11-7-31(27-50)37(49)26-34)52-42(58)30-5-8-32(9-6-30)55-23-21-53(22-24-55)18-15-29-16-19-54(20-17-29)33-10-12-35-36-28-56(38-13-14-40(57)51-43(38)59)44(60)41(36)62-39(35)25-33/h5-12,25-26,29,38,45-46H,13-24,28H2,1-4H3,(H,52,58)(H,51,57,59). The Balaban J connectivity index is 0.709. The highest BCUT2D eigenvalue weighted by atomic mass is 35.5. The molecule has 2 N–H and O–H groups in total. The topological polar surface area (TPSA) is 151 Å². The summed E-state index contributed by atoms with van der Waals surface area (Å²) in [5.74, 6) is 0.467. The Morgan fingerprint density at radius 3 is 2.27 bits per heavy atom. The summed E-state index contributed by atoms with van der Waals surface area (Å²) in [6.45, 7) is 15.7. The predicted molar refractivity (Wildman–Crippen MR) is 236 cm³/mol. The van der Waals surface area contributed by atoms with Crippen molar-refractivity contribution in [1.82, 2.24) is 20.4 Å². The fourth-order valence-electron chi connectivity index (χ4n) is 11.0. The summed E-state index contributed by atoms with van der Waals surface area (Å²) < 4.78 is 12.5. The third kappa shape index (κ3) is 7.66. The van der Waals surface area contributed by atoms with E-state index in [0.717, 1.165) is 81.0 Å². The molecule has 4 amide bonds. The summed E-state index contributed by atoms with van der Waals surface area (Å²) in [5, 5.41) is 16.1. The predicted octanol–water partition coefficient (Wildman–Crippen LogP) is 6.76. The highest BCUT2D eigenvalue weighted by Gasteiger charge is 2.64. The van der Waals surface area contributed by atoms with Crippen LogP contribution in [-0.2, 0) is 16.1 Å². The number of hydrogen-bond acceptors (Lipinski definition) is 10. The van der Waals surface area contributed by atoms with Gasteiger partial charge in [0.2, 0.25) is 11.8 Å². The van der Waals surface area contributed by atoms with Crippen molar-refractivity contribution in [2.75, 3.05) is 55.6 Å². The molecule has 4 aliphatic heterocycles. The van der Waals surface area contributed by atoms with Gasteiger partial charge in [0.05, 0.1) is 17.1 Å². The summed E-state index contributed by atoms with van der Waals surface area (Å²) >= 11 is 6.26. The zero-order valence-electron chi connectivity index (χ0n) is 35.8. The van der Waals surface area contributed by atoms with Crippen molar-refractivity contribution in [2.24, 2.45) is 16.7 Å². The van der Waals surface area contributed by atoms with Crippen LogP contribution in [0.25, 0.3) is 11.0 Å². The lowest BCUT2D eigenvalue weighted by Gasteiger charge is -2.63. The molecule has 14 heteroatoms. The maximum Gasteiger partial charge on any atom is 0.290 e. The highest BCUT2D eigenvalue weighted by Crippen LogP contribution is 2.55. The third-order valence-electron chi connectivity index (χ3n) is 14.3. The smallest absolute Gasteiger partial charge is 0.290 e. The van der Waals surface area contributed by atoms with Crippen molar-refractivity contribution in [3.05, 3.63) is 88.1 Å². The second-order valence-corrected chi connectivity index (χ2v) is 19.3. The summed E-state index contributed by atoms with van der Waals surface area (Å²) in [6.07, 6.45) is 3.82. The average molecular weight is 860 g/mol. The number of amides is 4. The number of carbonyl (C=O) groups excluding carboxylic acids is 4. The van der Waals surface area contributed by atoms with Crippen LogP contribution in [0.15, 0.2) is 65.1 Å². The number of piperidine rings is 2. The van der Waals surface area contributed by atoms with Crippen LogP contribution in [0.1, 0.15) is 91.8 Å². The monoisotopic (exact) mass is 859 g/mol. The van der Waals surface area contributed by atoms with Gasteiger partial charge in [-0.15, -0.1) is 0 Å². The van der Waals surface area contributed by atoms with E-state index in [9.17, 15) is 24.4 Å². The van der Waals surface area contributed by atoms with E-state index in [0.29, 0.717) is 52.1 Å². The van der Waals surface area contributed by atoms with E-state index in [1.54, 1.807) is 18.2 Å². The zero-order chi connectivity index (χ0) is 43.5. The number of imide groups is 1. The normalized spacial score (nSPS) is 23.8. The summed E-state index contributed by atoms with van der Waals surface area (Å²) in [5.41, 5.74) is 4.09. The Hall–Kier alpha value is -5.58. The summed E-state index contributed by atoms with van der Waals surface area (Å²) in [4.78, 5) is 59.8. The Bertz CT molecular complexity index is 2440. The van der Waals surface area contributed by atoms with Crippen LogP contribution in [0.4, 0.5) is 11.4 Å². The Morgan fingerprint density at radius 1 is 0.903 bits per heavy atom. The molecule has 3 aromatic carbocycles. The number of carbonyl (C=O) groups is 4. The van der Waals surface area contributed by atoms with Crippen LogP contribution in [0, 0.1) is 28.1 Å². The van der Waals surface area contributed by atoms with Gasteiger partial charge in [-0.1, -0.05) is 39.3 Å². The van der Waals surface area contributed by atoms with Gasteiger partial charge in [0.1, 0.15) is 29.5 Å². The Kier molecular flexibility index (Phi) is 11.0. The van der Waals surface area contributed by atoms with Crippen molar-refractivity contribution >= 4 is 57.6 Å². The minimum Gasteiger partial charge on any atom is -0.489 e. The number of ether oxygens (including phenoxy) is 1. The van der Waals surface area contributed by atoms with E-state index in [1.165, 1.54) is 11.3 Å². The molecule has 9 rings (SSSR count). The molecule has 62 heavy (non-hydrogen) atoms. The molecule has 13 nitrogen and oxygen atoms in total. The Labute approximate surface area is 367 Å². The van der Waals surface area contributed by atoms with Crippen molar-refractivity contribution in [1.29, 1.82) is 5.26 Å².